The third-order valence-electron chi connectivity index (χ3n) is 5.97. The van der Waals surface area contributed by atoms with Gasteiger partial charge in [-0.3, -0.25) is 19.7 Å². The molecule has 34 heavy (non-hydrogen) atoms. The summed E-state index contributed by atoms with van der Waals surface area (Å²) < 4.78 is 0. The molecule has 2 aliphatic heterocycles. The van der Waals surface area contributed by atoms with E-state index in [0.717, 1.165) is 22.4 Å². The molecule has 0 aromatic heterocycles. The van der Waals surface area contributed by atoms with Crippen molar-refractivity contribution < 1.29 is 19.2 Å². The molecule has 0 aliphatic carbocycles. The van der Waals surface area contributed by atoms with Crippen LogP contribution in [0.3, 0.4) is 0 Å². The summed E-state index contributed by atoms with van der Waals surface area (Å²) in [4.78, 5) is 50.3. The van der Waals surface area contributed by atoms with Gasteiger partial charge in [-0.25, -0.2) is 4.79 Å². The number of anilines is 2. The summed E-state index contributed by atoms with van der Waals surface area (Å²) in [5.74, 6) is -0.956. The molecule has 1 fully saturated rings. The Labute approximate surface area is 198 Å². The number of fused-ring (bicyclic) bond motifs is 1. The maximum absolute atomic E-state index is 12.8. The Morgan fingerprint density at radius 1 is 1.15 bits per heavy atom. The summed E-state index contributed by atoms with van der Waals surface area (Å²) >= 11 is 0. The van der Waals surface area contributed by atoms with Gasteiger partial charge in [0.2, 0.25) is 11.8 Å². The van der Waals surface area contributed by atoms with Crippen molar-refractivity contribution in [2.45, 2.75) is 58.8 Å². The molecule has 9 heteroatoms. The lowest BCUT2D eigenvalue weighted by Crippen LogP contribution is -2.52. The van der Waals surface area contributed by atoms with Crippen molar-refractivity contribution in [3.63, 3.8) is 0 Å². The lowest BCUT2D eigenvalue weighted by Gasteiger charge is -2.29. The van der Waals surface area contributed by atoms with Crippen molar-refractivity contribution in [1.29, 1.82) is 0 Å². The molecule has 1 saturated heterocycles. The van der Waals surface area contributed by atoms with Gasteiger partial charge in [0.15, 0.2) is 0 Å². The molecule has 2 heterocycles. The van der Waals surface area contributed by atoms with Gasteiger partial charge in [0.25, 0.3) is 5.91 Å². The van der Waals surface area contributed by atoms with Crippen LogP contribution in [0.1, 0.15) is 53.7 Å². The average Bonchev–Trinajstić information content (AvgIpc) is 3.09. The van der Waals surface area contributed by atoms with Crippen molar-refractivity contribution in [2.24, 2.45) is 0 Å². The number of carbonyl (C=O) groups is 4. The molecule has 1 atom stereocenters. The monoisotopic (exact) mass is 463 g/mol. The van der Waals surface area contributed by atoms with E-state index in [0.29, 0.717) is 30.3 Å². The predicted octanol–water partition coefficient (Wildman–Crippen LogP) is 2.90. The van der Waals surface area contributed by atoms with Crippen LogP contribution in [0.25, 0.3) is 0 Å². The van der Waals surface area contributed by atoms with Gasteiger partial charge in [-0.15, -0.1) is 0 Å². The van der Waals surface area contributed by atoms with Gasteiger partial charge in [0.1, 0.15) is 6.04 Å². The molecule has 5 amide bonds. The zero-order valence-corrected chi connectivity index (χ0v) is 19.5. The van der Waals surface area contributed by atoms with E-state index in [1.54, 1.807) is 12.1 Å². The Morgan fingerprint density at radius 3 is 2.65 bits per heavy atom. The third-order valence-corrected chi connectivity index (χ3v) is 5.97. The van der Waals surface area contributed by atoms with Gasteiger partial charge in [0.05, 0.1) is 0 Å². The molecule has 2 aromatic rings. The molecule has 2 aliphatic rings. The highest BCUT2D eigenvalue weighted by Crippen LogP contribution is 2.28. The summed E-state index contributed by atoms with van der Waals surface area (Å²) in [6, 6.07) is 10.4. The Morgan fingerprint density at radius 2 is 1.94 bits per heavy atom. The fourth-order valence-corrected chi connectivity index (χ4v) is 4.31. The number of carbonyl (C=O) groups excluding carboxylic acids is 4. The van der Waals surface area contributed by atoms with Crippen molar-refractivity contribution >= 4 is 35.1 Å². The highest BCUT2D eigenvalue weighted by atomic mass is 16.2. The number of aryl methyl sites for hydroxylation is 1. The summed E-state index contributed by atoms with van der Waals surface area (Å²) in [6.45, 7) is 6.71. The first-order chi connectivity index (χ1) is 16.2. The Bertz CT molecular complexity index is 1160. The smallest absolute Gasteiger partial charge is 0.319 e. The summed E-state index contributed by atoms with van der Waals surface area (Å²) in [5, 5.41) is 11.3. The number of nitrogens with one attached hydrogen (secondary N) is 4. The van der Waals surface area contributed by atoms with E-state index in [1.165, 1.54) is 4.90 Å². The second-order valence-corrected chi connectivity index (χ2v) is 9.03. The van der Waals surface area contributed by atoms with Gasteiger partial charge in [-0.05, 0) is 68.1 Å². The molecule has 4 rings (SSSR count). The number of rotatable bonds is 6. The summed E-state index contributed by atoms with van der Waals surface area (Å²) in [7, 11) is 0. The SMILES string of the molecule is Cc1cc(NC(=O)NCc2ccc3c(c2)CN(C2CCC(=O)NC2=O)C3=O)ccc1NC(C)C. The van der Waals surface area contributed by atoms with Crippen LogP contribution in [0, 0.1) is 6.92 Å². The number of amides is 5. The standard InChI is InChI=1S/C25H29N5O4/c1-14(2)27-20-7-5-18(10-15(20)3)28-25(34)26-12-16-4-6-19-17(11-16)13-30(24(19)33)21-8-9-22(31)29-23(21)32/h4-7,10-11,14,21,27H,8-9,12-13H2,1-3H3,(H2,26,28,34)(H,29,31,32). The minimum Gasteiger partial charge on any atom is -0.383 e. The molecule has 0 spiro atoms. The molecular formula is C25H29N5O4. The fraction of sp³-hybridized carbons (Fsp3) is 0.360. The second-order valence-electron chi connectivity index (χ2n) is 9.03. The number of urea groups is 1. The second kappa shape index (κ2) is 9.54. The number of nitrogens with zero attached hydrogens (tertiary/aromatic N) is 1. The Hall–Kier alpha value is -3.88. The lowest BCUT2D eigenvalue weighted by atomic mass is 10.0. The number of hydrogen-bond acceptors (Lipinski definition) is 5. The highest BCUT2D eigenvalue weighted by Gasteiger charge is 2.39. The average molecular weight is 464 g/mol. The molecule has 0 saturated carbocycles. The highest BCUT2D eigenvalue weighted by molar-refractivity contribution is 6.05. The van der Waals surface area contributed by atoms with E-state index in [2.05, 4.69) is 35.1 Å². The maximum Gasteiger partial charge on any atom is 0.319 e. The molecule has 4 N–H and O–H groups in total. The Balaban J connectivity index is 1.35. The molecule has 2 aromatic carbocycles. The van der Waals surface area contributed by atoms with Crippen LogP contribution in [0.15, 0.2) is 36.4 Å². The van der Waals surface area contributed by atoms with Crippen molar-refractivity contribution in [2.75, 3.05) is 10.6 Å². The van der Waals surface area contributed by atoms with Crippen LogP contribution < -0.4 is 21.3 Å². The van der Waals surface area contributed by atoms with Crippen LogP contribution >= 0.6 is 0 Å². The number of benzene rings is 2. The Kier molecular flexibility index (Phi) is 6.54. The van der Waals surface area contributed by atoms with Crippen molar-refractivity contribution in [3.05, 3.63) is 58.7 Å². The van der Waals surface area contributed by atoms with Crippen LogP contribution in [-0.4, -0.2) is 40.7 Å². The van der Waals surface area contributed by atoms with Crippen molar-refractivity contribution in [3.8, 4) is 0 Å². The van der Waals surface area contributed by atoms with E-state index in [4.69, 9.17) is 0 Å². The largest absolute Gasteiger partial charge is 0.383 e. The van der Waals surface area contributed by atoms with E-state index in [9.17, 15) is 19.2 Å². The van der Waals surface area contributed by atoms with E-state index >= 15 is 0 Å². The zero-order chi connectivity index (χ0) is 24.4. The maximum atomic E-state index is 12.8. The fourth-order valence-electron chi connectivity index (χ4n) is 4.31. The van der Waals surface area contributed by atoms with E-state index in [-0.39, 0.29) is 30.8 Å². The van der Waals surface area contributed by atoms with Gasteiger partial charge < -0.3 is 20.9 Å². The van der Waals surface area contributed by atoms with Crippen molar-refractivity contribution in [1.82, 2.24) is 15.5 Å². The first kappa shape index (κ1) is 23.3. The molecule has 1 unspecified atom stereocenters. The minimum atomic E-state index is -0.643. The van der Waals surface area contributed by atoms with Gasteiger partial charge in [0, 0.05) is 42.5 Å². The number of piperidine rings is 1. The minimum absolute atomic E-state index is 0.215. The molecule has 178 valence electrons. The van der Waals surface area contributed by atoms with Crippen LogP contribution in [0.2, 0.25) is 0 Å². The normalized spacial score (nSPS) is 17.5. The third kappa shape index (κ3) is 5.03. The number of hydrogen-bond donors (Lipinski definition) is 4. The summed E-state index contributed by atoms with van der Waals surface area (Å²) in [5.41, 5.74) is 4.96. The molecule has 0 bridgehead atoms. The predicted molar refractivity (Wildman–Crippen MR) is 128 cm³/mol. The first-order valence-electron chi connectivity index (χ1n) is 11.4. The van der Waals surface area contributed by atoms with E-state index in [1.807, 2.05) is 31.2 Å². The van der Waals surface area contributed by atoms with Crippen LogP contribution in [0.4, 0.5) is 16.2 Å². The summed E-state index contributed by atoms with van der Waals surface area (Å²) in [6.07, 6.45) is 0.546. The van der Waals surface area contributed by atoms with Crippen LogP contribution in [0.5, 0.6) is 0 Å². The molecular weight excluding hydrogens is 434 g/mol. The van der Waals surface area contributed by atoms with E-state index < -0.39 is 11.9 Å². The van der Waals surface area contributed by atoms with Gasteiger partial charge in [-0.2, -0.15) is 0 Å². The van der Waals surface area contributed by atoms with Gasteiger partial charge >= 0.3 is 6.03 Å². The van der Waals surface area contributed by atoms with Crippen LogP contribution in [-0.2, 0) is 22.7 Å². The molecule has 0 radical (unpaired) electrons. The first-order valence-corrected chi connectivity index (χ1v) is 11.4. The zero-order valence-electron chi connectivity index (χ0n) is 19.5. The van der Waals surface area contributed by atoms with Gasteiger partial charge in [-0.1, -0.05) is 12.1 Å². The lowest BCUT2D eigenvalue weighted by molar-refractivity contribution is -0.136. The molecule has 9 nitrogen and oxygen atoms in total. The quantitative estimate of drug-likeness (QED) is 0.491. The topological polar surface area (TPSA) is 120 Å². The number of imide groups is 1.